The molecule has 0 radical (unpaired) electrons. The van der Waals surface area contributed by atoms with Crippen molar-refractivity contribution in [3.05, 3.63) is 65.9 Å². The molecule has 1 amide bonds. The number of pyridine rings is 1. The highest BCUT2D eigenvalue weighted by atomic mass is 19.4. The molecule has 3 atom stereocenters. The summed E-state index contributed by atoms with van der Waals surface area (Å²) in [5.74, 6) is -0.438. The summed E-state index contributed by atoms with van der Waals surface area (Å²) in [5, 5.41) is 11.2. The third-order valence-corrected chi connectivity index (χ3v) is 6.02. The Bertz CT molecular complexity index is 1130. The summed E-state index contributed by atoms with van der Waals surface area (Å²) in [4.78, 5) is 20.3. The fourth-order valence-electron chi connectivity index (χ4n) is 4.63. The number of aromatic nitrogens is 4. The molecule has 2 aliphatic rings. The maximum atomic E-state index is 13.9. The van der Waals surface area contributed by atoms with Crippen molar-refractivity contribution in [3.63, 3.8) is 0 Å². The van der Waals surface area contributed by atoms with Crippen LogP contribution in [0.4, 0.5) is 23.4 Å². The number of carbonyl (C=O) groups is 1. The van der Waals surface area contributed by atoms with E-state index in [0.717, 1.165) is 25.1 Å². The van der Waals surface area contributed by atoms with E-state index in [-0.39, 0.29) is 35.3 Å². The number of alkyl halides is 3. The van der Waals surface area contributed by atoms with Crippen LogP contribution in [0.2, 0.25) is 0 Å². The van der Waals surface area contributed by atoms with Gasteiger partial charge in [-0.1, -0.05) is 0 Å². The van der Waals surface area contributed by atoms with Crippen molar-refractivity contribution in [1.29, 1.82) is 0 Å². The van der Waals surface area contributed by atoms with Crippen molar-refractivity contribution < 1.29 is 22.4 Å². The molecule has 5 rings (SSSR count). The molecular weight excluding hydrogens is 428 g/mol. The summed E-state index contributed by atoms with van der Waals surface area (Å²) in [6, 6.07) is 5.81. The molecule has 2 bridgehead atoms. The molecule has 2 saturated heterocycles. The Morgan fingerprint density at radius 1 is 1.09 bits per heavy atom. The van der Waals surface area contributed by atoms with Crippen LogP contribution in [0.15, 0.2) is 48.9 Å². The van der Waals surface area contributed by atoms with E-state index in [0.29, 0.717) is 12.2 Å². The zero-order valence-corrected chi connectivity index (χ0v) is 16.6. The molecule has 166 valence electrons. The molecule has 1 N–H and O–H groups in total. The lowest BCUT2D eigenvalue weighted by Crippen LogP contribution is -2.40. The van der Waals surface area contributed by atoms with Gasteiger partial charge in [-0.15, -0.1) is 0 Å². The molecule has 32 heavy (non-hydrogen) atoms. The molecule has 3 aromatic rings. The summed E-state index contributed by atoms with van der Waals surface area (Å²) in [6.45, 7) is 0. The van der Waals surface area contributed by atoms with Crippen LogP contribution < -0.4 is 5.32 Å². The first-order valence-electron chi connectivity index (χ1n) is 10.1. The number of hydrogen-bond acceptors (Lipinski definition) is 5. The Labute approximate surface area is 180 Å². The largest absolute Gasteiger partial charge is 0.417 e. The topological polar surface area (TPSA) is 75.9 Å². The standard InChI is InChI=1S/C21H18F4N6O/c22-13-2-4-15(18(9-13)31-27-7-8-28-31)20(32)30-14-3-5-17(30)16(10-14)29-19-6-1-12(11-26-19)21(23,24)25/h1-2,4,6-9,11,14,16-17H,3,5,10H2,(H,26,29)/t14-,16-,17+/m1/s1. The monoisotopic (exact) mass is 446 g/mol. The number of carbonyl (C=O) groups excluding carboxylic acids is 1. The lowest BCUT2D eigenvalue weighted by atomic mass is 9.95. The van der Waals surface area contributed by atoms with E-state index in [1.807, 2.05) is 0 Å². The number of anilines is 1. The fourth-order valence-corrected chi connectivity index (χ4v) is 4.63. The van der Waals surface area contributed by atoms with Crippen LogP contribution in [0.5, 0.6) is 0 Å². The van der Waals surface area contributed by atoms with E-state index < -0.39 is 17.6 Å². The van der Waals surface area contributed by atoms with Gasteiger partial charge in [0.25, 0.3) is 5.91 Å². The van der Waals surface area contributed by atoms with Crippen LogP contribution >= 0.6 is 0 Å². The average molecular weight is 446 g/mol. The van der Waals surface area contributed by atoms with Crippen molar-refractivity contribution in [2.45, 2.75) is 43.6 Å². The number of fused-ring (bicyclic) bond motifs is 2. The molecule has 2 aliphatic heterocycles. The molecule has 0 aliphatic carbocycles. The lowest BCUT2D eigenvalue weighted by Gasteiger charge is -2.26. The van der Waals surface area contributed by atoms with Crippen LogP contribution in [0, 0.1) is 5.82 Å². The second-order valence-electron chi connectivity index (χ2n) is 7.91. The van der Waals surface area contributed by atoms with Gasteiger partial charge in [0.2, 0.25) is 0 Å². The molecule has 11 heteroatoms. The van der Waals surface area contributed by atoms with E-state index in [9.17, 15) is 22.4 Å². The summed E-state index contributed by atoms with van der Waals surface area (Å²) in [5.41, 5.74) is -0.281. The number of nitrogens with one attached hydrogen (secondary N) is 1. The summed E-state index contributed by atoms with van der Waals surface area (Å²) in [6.07, 6.45) is 1.45. The molecule has 0 unspecified atom stereocenters. The SMILES string of the molecule is O=C(c1ccc(F)cc1-n1nccn1)N1[C@@H]2CC[C@H]1[C@H](Nc1ccc(C(F)(F)F)cn1)C2. The van der Waals surface area contributed by atoms with Gasteiger partial charge in [0.15, 0.2) is 0 Å². The van der Waals surface area contributed by atoms with Crippen LogP contribution in [-0.4, -0.2) is 48.9 Å². The third-order valence-electron chi connectivity index (χ3n) is 6.02. The summed E-state index contributed by atoms with van der Waals surface area (Å²) < 4.78 is 52.2. The van der Waals surface area contributed by atoms with Gasteiger partial charge in [0, 0.05) is 24.3 Å². The number of rotatable bonds is 4. The minimum Gasteiger partial charge on any atom is -0.365 e. The third kappa shape index (κ3) is 3.57. The lowest BCUT2D eigenvalue weighted by molar-refractivity contribution is -0.137. The first-order valence-corrected chi connectivity index (χ1v) is 10.1. The number of amides is 1. The van der Waals surface area contributed by atoms with Crippen LogP contribution in [0.1, 0.15) is 35.2 Å². The smallest absolute Gasteiger partial charge is 0.365 e. The minimum atomic E-state index is -4.45. The van der Waals surface area contributed by atoms with E-state index in [4.69, 9.17) is 0 Å². The van der Waals surface area contributed by atoms with Gasteiger partial charge in [-0.05, 0) is 43.5 Å². The van der Waals surface area contributed by atoms with Crippen molar-refractivity contribution >= 4 is 11.7 Å². The zero-order chi connectivity index (χ0) is 22.5. The maximum absolute atomic E-state index is 13.9. The van der Waals surface area contributed by atoms with E-state index in [2.05, 4.69) is 20.5 Å². The van der Waals surface area contributed by atoms with Gasteiger partial charge in [0.1, 0.15) is 17.3 Å². The van der Waals surface area contributed by atoms with Crippen LogP contribution in [0.25, 0.3) is 5.69 Å². The van der Waals surface area contributed by atoms with E-state index in [1.54, 1.807) is 4.90 Å². The molecule has 0 saturated carbocycles. The first-order chi connectivity index (χ1) is 15.3. The maximum Gasteiger partial charge on any atom is 0.417 e. The number of hydrogen-bond donors (Lipinski definition) is 1. The Hall–Kier alpha value is -3.50. The van der Waals surface area contributed by atoms with Crippen LogP contribution in [-0.2, 0) is 6.18 Å². The fraction of sp³-hybridized carbons (Fsp3) is 0.333. The molecule has 0 spiro atoms. The van der Waals surface area contributed by atoms with Crippen molar-refractivity contribution in [2.24, 2.45) is 0 Å². The minimum absolute atomic E-state index is 0.0251. The molecular formula is C21H18F4N6O. The van der Waals surface area contributed by atoms with Crippen LogP contribution in [0.3, 0.4) is 0 Å². The highest BCUT2D eigenvalue weighted by molar-refractivity contribution is 5.98. The van der Waals surface area contributed by atoms with Gasteiger partial charge in [0.05, 0.1) is 29.6 Å². The van der Waals surface area contributed by atoms with E-state index in [1.165, 1.54) is 41.5 Å². The van der Waals surface area contributed by atoms with Crippen molar-refractivity contribution in [1.82, 2.24) is 24.9 Å². The second kappa shape index (κ2) is 7.57. The summed E-state index contributed by atoms with van der Waals surface area (Å²) in [7, 11) is 0. The predicted octanol–water partition coefficient (Wildman–Crippen LogP) is 3.68. The molecule has 4 heterocycles. The number of halogens is 4. The molecule has 1 aromatic carbocycles. The number of benzene rings is 1. The quantitative estimate of drug-likeness (QED) is 0.619. The summed E-state index contributed by atoms with van der Waals surface area (Å²) >= 11 is 0. The molecule has 7 nitrogen and oxygen atoms in total. The predicted molar refractivity (Wildman–Crippen MR) is 106 cm³/mol. The Morgan fingerprint density at radius 2 is 1.88 bits per heavy atom. The Kier molecular flexibility index (Phi) is 4.83. The zero-order valence-electron chi connectivity index (χ0n) is 16.6. The van der Waals surface area contributed by atoms with Gasteiger partial charge in [-0.2, -0.15) is 28.2 Å². The number of nitrogens with zero attached hydrogens (tertiary/aromatic N) is 5. The van der Waals surface area contributed by atoms with Gasteiger partial charge < -0.3 is 10.2 Å². The van der Waals surface area contributed by atoms with Gasteiger partial charge >= 0.3 is 6.18 Å². The normalized spacial score (nSPS) is 22.4. The first kappa shape index (κ1) is 20.4. The van der Waals surface area contributed by atoms with Gasteiger partial charge in [-0.3, -0.25) is 4.79 Å². The van der Waals surface area contributed by atoms with Crippen molar-refractivity contribution in [2.75, 3.05) is 5.32 Å². The molecule has 2 fully saturated rings. The highest BCUT2D eigenvalue weighted by Gasteiger charge is 2.49. The Balaban J connectivity index is 1.37. The second-order valence-corrected chi connectivity index (χ2v) is 7.91. The Morgan fingerprint density at radius 3 is 2.56 bits per heavy atom. The average Bonchev–Trinajstić information content (AvgIpc) is 3.49. The van der Waals surface area contributed by atoms with Crippen molar-refractivity contribution in [3.8, 4) is 5.69 Å². The van der Waals surface area contributed by atoms with Gasteiger partial charge in [-0.25, -0.2) is 9.37 Å². The van der Waals surface area contributed by atoms with E-state index >= 15 is 0 Å². The highest BCUT2D eigenvalue weighted by Crippen LogP contribution is 2.40. The molecule has 2 aromatic heterocycles.